The van der Waals surface area contributed by atoms with Crippen LogP contribution >= 0.6 is 0 Å². The van der Waals surface area contributed by atoms with Gasteiger partial charge in [0.05, 0.1) is 13.2 Å². The van der Waals surface area contributed by atoms with Crippen LogP contribution in [0.4, 0.5) is 0 Å². The topological polar surface area (TPSA) is 142 Å². The summed E-state index contributed by atoms with van der Waals surface area (Å²) in [5.74, 6) is -2.38. The van der Waals surface area contributed by atoms with Gasteiger partial charge in [0.25, 0.3) is 0 Å². The summed E-state index contributed by atoms with van der Waals surface area (Å²) in [7, 11) is 0. The molecule has 2 unspecified atom stereocenters. The average molecular weight is 627 g/mol. The van der Waals surface area contributed by atoms with Crippen molar-refractivity contribution in [3.05, 3.63) is 0 Å². The molecule has 0 saturated heterocycles. The number of unbranched alkanes of at least 4 members (excludes halogenated alkanes) is 18. The van der Waals surface area contributed by atoms with Crippen LogP contribution in [-0.4, -0.2) is 59.3 Å². The van der Waals surface area contributed by atoms with Gasteiger partial charge in [0.15, 0.2) is 0 Å². The number of carbonyl (C=O) groups is 4. The quantitative estimate of drug-likeness (QED) is 0.0451. The molecule has 0 aliphatic heterocycles. The molecule has 0 aromatic heterocycles. The van der Waals surface area contributed by atoms with Crippen molar-refractivity contribution < 1.29 is 34.1 Å². The van der Waals surface area contributed by atoms with Gasteiger partial charge < -0.3 is 25.6 Å². The van der Waals surface area contributed by atoms with Crippen LogP contribution in [0.15, 0.2) is 0 Å². The summed E-state index contributed by atoms with van der Waals surface area (Å²) in [5.41, 5.74) is 0. The second-order valence-corrected chi connectivity index (χ2v) is 12.3. The minimum absolute atomic E-state index is 0.0726. The molecule has 9 heteroatoms. The van der Waals surface area contributed by atoms with Gasteiger partial charge in [-0.2, -0.15) is 0 Å². The second-order valence-electron chi connectivity index (χ2n) is 12.3. The average Bonchev–Trinajstić information content (AvgIpc) is 3.00. The first-order chi connectivity index (χ1) is 21.3. The molecular weight excluding hydrogens is 560 g/mol. The first-order valence-electron chi connectivity index (χ1n) is 17.9. The van der Waals surface area contributed by atoms with E-state index >= 15 is 0 Å². The molecule has 258 valence electrons. The zero-order valence-electron chi connectivity index (χ0n) is 28.2. The molecule has 0 spiro atoms. The lowest BCUT2D eigenvalue weighted by Gasteiger charge is -2.18. The van der Waals surface area contributed by atoms with Gasteiger partial charge in [-0.05, 0) is 38.5 Å². The molecule has 2 atom stereocenters. The maximum Gasteiger partial charge on any atom is 0.328 e. The summed E-state index contributed by atoms with van der Waals surface area (Å²) in [6.45, 7) is 3.37. The summed E-state index contributed by atoms with van der Waals surface area (Å²) < 4.78 is 5.84. The third kappa shape index (κ3) is 27.4. The second kappa shape index (κ2) is 30.8. The van der Waals surface area contributed by atoms with Crippen molar-refractivity contribution in [1.82, 2.24) is 10.6 Å². The number of esters is 1. The third-order valence-corrected chi connectivity index (χ3v) is 8.10. The lowest BCUT2D eigenvalue weighted by molar-refractivity contribution is -0.150. The Morgan fingerprint density at radius 1 is 0.591 bits per heavy atom. The van der Waals surface area contributed by atoms with Crippen LogP contribution in [0, 0.1) is 0 Å². The molecule has 2 amide bonds. The van der Waals surface area contributed by atoms with E-state index < -0.39 is 24.5 Å². The maximum atomic E-state index is 12.5. The Kier molecular flexibility index (Phi) is 29.3. The smallest absolute Gasteiger partial charge is 0.328 e. The zero-order valence-corrected chi connectivity index (χ0v) is 28.2. The zero-order chi connectivity index (χ0) is 32.7. The number of hydrogen-bond donors (Lipinski definition) is 4. The van der Waals surface area contributed by atoms with E-state index in [4.69, 9.17) is 14.9 Å². The van der Waals surface area contributed by atoms with E-state index in [1.54, 1.807) is 0 Å². The number of aliphatic hydroxyl groups is 1. The van der Waals surface area contributed by atoms with Gasteiger partial charge in [-0.15, -0.1) is 0 Å². The fourth-order valence-corrected chi connectivity index (χ4v) is 5.30. The third-order valence-electron chi connectivity index (χ3n) is 8.10. The molecular formula is C35H66N2O7. The number of nitrogens with one attached hydrogen (secondary N) is 2. The Bertz CT molecular complexity index is 732. The molecule has 0 bridgehead atoms. The Hall–Kier alpha value is -2.16. The monoisotopic (exact) mass is 626 g/mol. The highest BCUT2D eigenvalue weighted by atomic mass is 16.5. The Morgan fingerprint density at radius 2 is 1.02 bits per heavy atom. The van der Waals surface area contributed by atoms with Crippen LogP contribution in [0.25, 0.3) is 0 Å². The van der Waals surface area contributed by atoms with E-state index in [1.807, 2.05) is 0 Å². The van der Waals surface area contributed by atoms with Crippen LogP contribution in [0.3, 0.4) is 0 Å². The predicted molar refractivity (Wildman–Crippen MR) is 176 cm³/mol. The number of aliphatic hydroxyl groups excluding tert-OH is 1. The highest BCUT2D eigenvalue weighted by Gasteiger charge is 2.19. The molecule has 9 nitrogen and oxygen atoms in total. The Labute approximate surface area is 268 Å². The summed E-state index contributed by atoms with van der Waals surface area (Å²) >= 11 is 0. The number of aliphatic carboxylic acids is 1. The van der Waals surface area contributed by atoms with Crippen LogP contribution in [-0.2, 0) is 23.9 Å². The number of carboxylic acids is 1. The summed E-state index contributed by atoms with van der Waals surface area (Å²) in [4.78, 5) is 47.1. The molecule has 4 N–H and O–H groups in total. The molecule has 0 radical (unpaired) electrons. The molecule has 0 aromatic rings. The van der Waals surface area contributed by atoms with E-state index in [9.17, 15) is 19.2 Å². The molecule has 0 aliphatic rings. The van der Waals surface area contributed by atoms with Gasteiger partial charge >= 0.3 is 11.9 Å². The van der Waals surface area contributed by atoms with Crippen LogP contribution in [0.1, 0.15) is 174 Å². The van der Waals surface area contributed by atoms with E-state index in [0.717, 1.165) is 57.8 Å². The number of carboxylic acid groups (broad SMARTS) is 1. The largest absolute Gasteiger partial charge is 0.480 e. The fourth-order valence-electron chi connectivity index (χ4n) is 5.30. The Morgan fingerprint density at radius 3 is 1.52 bits per heavy atom. The summed E-state index contributed by atoms with van der Waals surface area (Å²) in [5, 5.41) is 22.4. The molecule has 44 heavy (non-hydrogen) atoms. The van der Waals surface area contributed by atoms with Gasteiger partial charge in [0, 0.05) is 12.8 Å². The van der Waals surface area contributed by atoms with Crippen molar-refractivity contribution >= 4 is 23.8 Å². The number of rotatable bonds is 32. The summed E-state index contributed by atoms with van der Waals surface area (Å²) in [6, 6.07) is -1.39. The van der Waals surface area contributed by atoms with Crippen molar-refractivity contribution in [3.8, 4) is 0 Å². The minimum atomic E-state index is -1.39. The first kappa shape index (κ1) is 41.8. The highest BCUT2D eigenvalue weighted by Crippen LogP contribution is 2.17. The van der Waals surface area contributed by atoms with Crippen molar-refractivity contribution in [2.45, 2.75) is 187 Å². The van der Waals surface area contributed by atoms with E-state index in [-0.39, 0.29) is 30.9 Å². The van der Waals surface area contributed by atoms with Crippen molar-refractivity contribution in [2.75, 3.05) is 13.2 Å². The van der Waals surface area contributed by atoms with Gasteiger partial charge in [-0.3, -0.25) is 14.4 Å². The normalized spacial score (nSPS) is 12.4. The number of amides is 2. The van der Waals surface area contributed by atoms with E-state index in [0.29, 0.717) is 12.8 Å². The summed E-state index contributed by atoms with van der Waals surface area (Å²) in [6.07, 6.45) is 27.4. The Balaban J connectivity index is 3.95. The fraction of sp³-hybridized carbons (Fsp3) is 0.886. The highest BCUT2D eigenvalue weighted by molar-refractivity contribution is 5.87. The number of ether oxygens (including phenoxy) is 1. The van der Waals surface area contributed by atoms with Crippen LogP contribution in [0.2, 0.25) is 0 Å². The van der Waals surface area contributed by atoms with E-state index in [1.165, 1.54) is 83.5 Å². The van der Waals surface area contributed by atoms with Crippen LogP contribution in [0.5, 0.6) is 0 Å². The lowest BCUT2D eigenvalue weighted by Crippen LogP contribution is -2.47. The molecule has 0 heterocycles. The van der Waals surface area contributed by atoms with E-state index in [2.05, 4.69) is 24.5 Å². The van der Waals surface area contributed by atoms with Gasteiger partial charge in [0.2, 0.25) is 11.8 Å². The standard InChI is InChI=1S/C35H66N2O7/c1-3-5-7-8-9-10-11-12-13-14-15-16-17-18-23-27-34(41)44-30(24-20-6-4-2)25-21-19-22-26-32(39)36-28-33(40)37-31(29-38)35(42)43/h30-31,38H,3-29H2,1-2H3,(H,36,39)(H,37,40)(H,42,43). The molecule has 0 fully saturated rings. The van der Waals surface area contributed by atoms with Gasteiger partial charge in [-0.25, -0.2) is 4.79 Å². The van der Waals surface area contributed by atoms with Crippen molar-refractivity contribution in [2.24, 2.45) is 0 Å². The van der Waals surface area contributed by atoms with Crippen molar-refractivity contribution in [1.29, 1.82) is 0 Å². The predicted octanol–water partition coefficient (Wildman–Crippen LogP) is 7.37. The lowest BCUT2D eigenvalue weighted by atomic mass is 10.0. The maximum absolute atomic E-state index is 12.5. The molecule has 0 saturated carbocycles. The van der Waals surface area contributed by atoms with Crippen molar-refractivity contribution in [3.63, 3.8) is 0 Å². The first-order valence-corrected chi connectivity index (χ1v) is 17.9. The molecule has 0 rings (SSSR count). The number of hydrogen-bond acceptors (Lipinski definition) is 6. The minimum Gasteiger partial charge on any atom is -0.480 e. The SMILES string of the molecule is CCCCCCCCCCCCCCCCCC(=O)OC(CCCCC)CCCCCC(=O)NCC(=O)NC(CO)C(=O)O. The molecule has 0 aromatic carbocycles. The van der Waals surface area contributed by atoms with Crippen LogP contribution < -0.4 is 10.6 Å². The molecule has 0 aliphatic carbocycles. The number of carbonyl (C=O) groups excluding carboxylic acids is 3. The van der Waals surface area contributed by atoms with Gasteiger partial charge in [-0.1, -0.05) is 123 Å². The van der Waals surface area contributed by atoms with Gasteiger partial charge in [0.1, 0.15) is 12.1 Å².